The first kappa shape index (κ1) is 6.22. The molecule has 1 N–H and O–H groups in total. The lowest BCUT2D eigenvalue weighted by molar-refractivity contribution is 0.930. The van der Waals surface area contributed by atoms with E-state index in [0.717, 1.165) is 11.1 Å². The highest BCUT2D eigenvalue weighted by Gasteiger charge is 1.93. The molecular formula is C8H8N2O. The largest absolute Gasteiger partial charge is 0.268 e. The molecule has 11 heavy (non-hydrogen) atoms. The number of aryl methyl sites for hydroxylation is 1. The van der Waals surface area contributed by atoms with Crippen LogP contribution in [0.1, 0.15) is 5.56 Å². The van der Waals surface area contributed by atoms with Crippen LogP contribution in [0.5, 0.6) is 0 Å². The number of pyridine rings is 1. The maximum absolute atomic E-state index is 10.8. The zero-order chi connectivity index (χ0) is 7.84. The van der Waals surface area contributed by atoms with Crippen LogP contribution in [0.2, 0.25) is 0 Å². The minimum Gasteiger partial charge on any atom is -0.268 e. The lowest BCUT2D eigenvalue weighted by Crippen LogP contribution is -1.98. The van der Waals surface area contributed by atoms with Crippen molar-refractivity contribution in [3.63, 3.8) is 0 Å². The molecule has 0 aliphatic rings. The molecule has 0 saturated carbocycles. The molecule has 2 aromatic rings. The maximum Gasteiger partial charge on any atom is 0.264 e. The number of rotatable bonds is 0. The summed E-state index contributed by atoms with van der Waals surface area (Å²) in [6.07, 6.45) is 1.89. The van der Waals surface area contributed by atoms with Gasteiger partial charge in [-0.15, -0.1) is 0 Å². The van der Waals surface area contributed by atoms with Crippen LogP contribution in [-0.2, 0) is 0 Å². The van der Waals surface area contributed by atoms with Crippen molar-refractivity contribution in [3.05, 3.63) is 40.3 Å². The van der Waals surface area contributed by atoms with E-state index < -0.39 is 0 Å². The Morgan fingerprint density at radius 2 is 2.27 bits per heavy atom. The molecule has 2 aromatic heterocycles. The Hall–Kier alpha value is -1.51. The molecule has 3 heteroatoms. The third-order valence-corrected chi connectivity index (χ3v) is 1.64. The van der Waals surface area contributed by atoms with Crippen molar-refractivity contribution in [1.29, 1.82) is 0 Å². The van der Waals surface area contributed by atoms with E-state index in [0.29, 0.717) is 0 Å². The van der Waals surface area contributed by atoms with Crippen molar-refractivity contribution in [2.45, 2.75) is 6.92 Å². The Bertz CT molecular complexity index is 439. The topological polar surface area (TPSA) is 37.3 Å². The standard InChI is InChI=1S/C8H8N2O/c1-6-2-3-7-4-8(11)9-10(7)5-6/h2-5H,1H3,(H,9,11). The molecule has 0 fully saturated rings. The van der Waals surface area contributed by atoms with E-state index in [9.17, 15) is 4.79 Å². The average molecular weight is 148 g/mol. The van der Waals surface area contributed by atoms with Gasteiger partial charge in [-0.2, -0.15) is 0 Å². The molecule has 0 saturated heterocycles. The van der Waals surface area contributed by atoms with Crippen LogP contribution in [0.4, 0.5) is 0 Å². The Morgan fingerprint density at radius 3 is 3.09 bits per heavy atom. The number of aromatic amines is 1. The summed E-state index contributed by atoms with van der Waals surface area (Å²) in [6, 6.07) is 5.45. The second-order valence-corrected chi connectivity index (χ2v) is 2.62. The lowest BCUT2D eigenvalue weighted by atomic mass is 10.3. The molecule has 0 aromatic carbocycles. The first-order valence-electron chi connectivity index (χ1n) is 3.44. The third-order valence-electron chi connectivity index (χ3n) is 1.64. The Balaban J connectivity index is 2.92. The Labute approximate surface area is 63.3 Å². The zero-order valence-corrected chi connectivity index (χ0v) is 6.16. The van der Waals surface area contributed by atoms with Gasteiger partial charge in [0.2, 0.25) is 0 Å². The molecule has 0 amide bonds. The fourth-order valence-corrected chi connectivity index (χ4v) is 1.12. The molecular weight excluding hydrogens is 140 g/mol. The van der Waals surface area contributed by atoms with Gasteiger partial charge in [-0.1, -0.05) is 6.07 Å². The second-order valence-electron chi connectivity index (χ2n) is 2.62. The average Bonchev–Trinajstić information content (AvgIpc) is 2.27. The fourth-order valence-electron chi connectivity index (χ4n) is 1.12. The van der Waals surface area contributed by atoms with Gasteiger partial charge in [0.25, 0.3) is 5.56 Å². The molecule has 0 bridgehead atoms. The molecule has 0 radical (unpaired) electrons. The molecule has 0 aliphatic heterocycles. The van der Waals surface area contributed by atoms with E-state index in [1.165, 1.54) is 0 Å². The number of nitrogens with zero attached hydrogens (tertiary/aromatic N) is 1. The zero-order valence-electron chi connectivity index (χ0n) is 6.16. The van der Waals surface area contributed by atoms with E-state index in [1.807, 2.05) is 25.3 Å². The van der Waals surface area contributed by atoms with Gasteiger partial charge < -0.3 is 0 Å². The Kier molecular flexibility index (Phi) is 1.12. The summed E-state index contributed by atoms with van der Waals surface area (Å²) in [6.45, 7) is 1.98. The molecule has 0 spiro atoms. The molecule has 0 aliphatic carbocycles. The van der Waals surface area contributed by atoms with Crippen molar-refractivity contribution in [2.24, 2.45) is 0 Å². The van der Waals surface area contributed by atoms with Crippen molar-refractivity contribution >= 4 is 5.52 Å². The van der Waals surface area contributed by atoms with Crippen LogP contribution in [0, 0.1) is 6.92 Å². The third kappa shape index (κ3) is 0.941. The summed E-state index contributed by atoms with van der Waals surface area (Å²) >= 11 is 0. The maximum atomic E-state index is 10.8. The van der Waals surface area contributed by atoms with Crippen LogP contribution >= 0.6 is 0 Å². The first-order valence-corrected chi connectivity index (χ1v) is 3.44. The van der Waals surface area contributed by atoms with Gasteiger partial charge in [-0.05, 0) is 18.6 Å². The van der Waals surface area contributed by atoms with Gasteiger partial charge in [0, 0.05) is 12.3 Å². The van der Waals surface area contributed by atoms with Gasteiger partial charge in [0.15, 0.2) is 0 Å². The minimum absolute atomic E-state index is 0.0596. The summed E-state index contributed by atoms with van der Waals surface area (Å²) in [7, 11) is 0. The fraction of sp³-hybridized carbons (Fsp3) is 0.125. The molecule has 2 rings (SSSR count). The summed E-state index contributed by atoms with van der Waals surface area (Å²) < 4.78 is 1.72. The highest BCUT2D eigenvalue weighted by atomic mass is 16.1. The van der Waals surface area contributed by atoms with Crippen LogP contribution in [0.3, 0.4) is 0 Å². The summed E-state index contributed by atoms with van der Waals surface area (Å²) in [5.74, 6) is 0. The smallest absolute Gasteiger partial charge is 0.264 e. The highest BCUT2D eigenvalue weighted by molar-refractivity contribution is 5.45. The van der Waals surface area contributed by atoms with Crippen molar-refractivity contribution in [2.75, 3.05) is 0 Å². The van der Waals surface area contributed by atoms with Crippen LogP contribution in [-0.4, -0.2) is 9.61 Å². The van der Waals surface area contributed by atoms with Crippen LogP contribution in [0.25, 0.3) is 5.52 Å². The number of H-pyrrole nitrogens is 1. The SMILES string of the molecule is Cc1ccc2cc(=O)[nH]n2c1. The van der Waals surface area contributed by atoms with Crippen molar-refractivity contribution < 1.29 is 0 Å². The van der Waals surface area contributed by atoms with E-state index in [1.54, 1.807) is 10.6 Å². The first-order chi connectivity index (χ1) is 5.25. The van der Waals surface area contributed by atoms with E-state index in [2.05, 4.69) is 5.10 Å². The predicted molar refractivity (Wildman–Crippen MR) is 42.8 cm³/mol. The van der Waals surface area contributed by atoms with Crippen LogP contribution in [0.15, 0.2) is 29.2 Å². The predicted octanol–water partition coefficient (Wildman–Crippen LogP) is 0.936. The molecule has 2 heterocycles. The quantitative estimate of drug-likeness (QED) is 0.593. The molecule has 56 valence electrons. The van der Waals surface area contributed by atoms with Gasteiger partial charge in [0.05, 0.1) is 5.52 Å². The van der Waals surface area contributed by atoms with Gasteiger partial charge in [0.1, 0.15) is 0 Å². The summed E-state index contributed by atoms with van der Waals surface area (Å²) in [5, 5.41) is 2.66. The number of aromatic nitrogens is 2. The highest BCUT2D eigenvalue weighted by Crippen LogP contribution is 2.00. The number of fused-ring (bicyclic) bond motifs is 1. The van der Waals surface area contributed by atoms with Crippen molar-refractivity contribution in [3.8, 4) is 0 Å². The van der Waals surface area contributed by atoms with Crippen LogP contribution < -0.4 is 5.56 Å². The normalized spacial score (nSPS) is 10.6. The van der Waals surface area contributed by atoms with Gasteiger partial charge in [-0.3, -0.25) is 14.4 Å². The van der Waals surface area contributed by atoms with E-state index >= 15 is 0 Å². The van der Waals surface area contributed by atoms with Gasteiger partial charge in [-0.25, -0.2) is 0 Å². The second kappa shape index (κ2) is 1.99. The summed E-state index contributed by atoms with van der Waals surface area (Å²) in [5.41, 5.74) is 1.97. The van der Waals surface area contributed by atoms with E-state index in [-0.39, 0.29) is 5.56 Å². The Morgan fingerprint density at radius 1 is 1.45 bits per heavy atom. The molecule has 0 unspecified atom stereocenters. The summed E-state index contributed by atoms with van der Waals surface area (Å²) in [4.78, 5) is 10.8. The number of nitrogens with one attached hydrogen (secondary N) is 1. The van der Waals surface area contributed by atoms with Gasteiger partial charge >= 0.3 is 0 Å². The number of hydrogen-bond donors (Lipinski definition) is 1. The monoisotopic (exact) mass is 148 g/mol. The number of hydrogen-bond acceptors (Lipinski definition) is 1. The lowest BCUT2D eigenvalue weighted by Gasteiger charge is -1.93. The molecule has 0 atom stereocenters. The minimum atomic E-state index is -0.0596. The van der Waals surface area contributed by atoms with E-state index in [4.69, 9.17) is 0 Å². The molecule has 3 nitrogen and oxygen atoms in total. The van der Waals surface area contributed by atoms with Crippen molar-refractivity contribution in [1.82, 2.24) is 9.61 Å².